The van der Waals surface area contributed by atoms with E-state index < -0.39 is 0 Å². The molecule has 2 amide bonds. The Labute approximate surface area is 128 Å². The second kappa shape index (κ2) is 8.04. The molecule has 0 saturated carbocycles. The molecule has 0 fully saturated rings. The minimum absolute atomic E-state index is 0.0773. The first-order valence-corrected chi connectivity index (χ1v) is 7.64. The van der Waals surface area contributed by atoms with Crippen LogP contribution in [-0.4, -0.2) is 23.2 Å². The van der Waals surface area contributed by atoms with Crippen molar-refractivity contribution in [3.05, 3.63) is 29.3 Å². The summed E-state index contributed by atoms with van der Waals surface area (Å²) >= 11 is 3.27. The minimum Gasteiger partial charge on any atom is -0.355 e. The average molecular weight is 341 g/mol. The Morgan fingerprint density at radius 1 is 1.25 bits per heavy atom. The molecule has 2 N–H and O–H groups in total. The summed E-state index contributed by atoms with van der Waals surface area (Å²) in [5.74, 6) is -0.178. The van der Waals surface area contributed by atoms with Crippen LogP contribution in [0.15, 0.2) is 18.2 Å². The van der Waals surface area contributed by atoms with Gasteiger partial charge in [-0.05, 0) is 43.5 Å². The van der Waals surface area contributed by atoms with Gasteiger partial charge in [-0.25, -0.2) is 0 Å². The highest BCUT2D eigenvalue weighted by molar-refractivity contribution is 9.10. The lowest BCUT2D eigenvalue weighted by Gasteiger charge is -2.10. The maximum absolute atomic E-state index is 11.8. The molecule has 1 aromatic carbocycles. The molecule has 0 spiro atoms. The number of benzene rings is 1. The number of alkyl halides is 1. The van der Waals surface area contributed by atoms with Crippen molar-refractivity contribution in [3.8, 4) is 0 Å². The molecular formula is C15H21BrN2O2. The van der Waals surface area contributed by atoms with Gasteiger partial charge in [-0.1, -0.05) is 28.9 Å². The number of hydrogen-bond acceptors (Lipinski definition) is 2. The highest BCUT2D eigenvalue weighted by Crippen LogP contribution is 2.14. The van der Waals surface area contributed by atoms with E-state index in [2.05, 4.69) is 26.6 Å². The number of carbonyl (C=O) groups is 2. The highest BCUT2D eigenvalue weighted by atomic mass is 79.9. The summed E-state index contributed by atoms with van der Waals surface area (Å²) in [5.41, 5.74) is 3.12. The van der Waals surface area contributed by atoms with Gasteiger partial charge in [0.1, 0.15) is 0 Å². The Morgan fingerprint density at radius 2 is 1.95 bits per heavy atom. The Balaban J connectivity index is 2.37. The Hall–Kier alpha value is -1.36. The molecule has 1 aromatic rings. The molecule has 1 unspecified atom stereocenters. The van der Waals surface area contributed by atoms with Crippen molar-refractivity contribution in [3.63, 3.8) is 0 Å². The van der Waals surface area contributed by atoms with Gasteiger partial charge in [0.05, 0.1) is 4.83 Å². The monoisotopic (exact) mass is 340 g/mol. The van der Waals surface area contributed by atoms with Crippen LogP contribution in [0.25, 0.3) is 0 Å². The molecule has 0 radical (unpaired) electrons. The number of halogens is 1. The first-order chi connectivity index (χ1) is 9.43. The molecular weight excluding hydrogens is 320 g/mol. The zero-order chi connectivity index (χ0) is 15.1. The summed E-state index contributed by atoms with van der Waals surface area (Å²) in [5, 5.41) is 5.55. The lowest BCUT2D eigenvalue weighted by atomic mass is 10.1. The molecule has 0 bridgehead atoms. The zero-order valence-electron chi connectivity index (χ0n) is 12.1. The first kappa shape index (κ1) is 16.7. The van der Waals surface area contributed by atoms with Crippen LogP contribution in [0.4, 0.5) is 5.69 Å². The molecule has 20 heavy (non-hydrogen) atoms. The fraction of sp³-hybridized carbons (Fsp3) is 0.467. The Bertz CT molecular complexity index is 489. The van der Waals surface area contributed by atoms with E-state index in [1.165, 1.54) is 5.56 Å². The van der Waals surface area contributed by atoms with Gasteiger partial charge in [0, 0.05) is 18.7 Å². The molecule has 0 saturated heterocycles. The van der Waals surface area contributed by atoms with E-state index in [1.54, 1.807) is 0 Å². The van der Waals surface area contributed by atoms with Gasteiger partial charge >= 0.3 is 0 Å². The number of rotatable bonds is 6. The van der Waals surface area contributed by atoms with E-state index in [0.717, 1.165) is 17.7 Å². The van der Waals surface area contributed by atoms with E-state index in [-0.39, 0.29) is 23.1 Å². The van der Waals surface area contributed by atoms with E-state index in [1.807, 2.05) is 39.0 Å². The largest absolute Gasteiger partial charge is 0.355 e. The third-order valence-corrected chi connectivity index (χ3v) is 4.15. The SMILES string of the molecule is CCC(Br)C(=O)NCCC(=O)Nc1ccc(C)c(C)c1. The van der Waals surface area contributed by atoms with Gasteiger partial charge in [0.15, 0.2) is 0 Å². The van der Waals surface area contributed by atoms with Crippen molar-refractivity contribution < 1.29 is 9.59 Å². The number of aryl methyl sites for hydroxylation is 2. The molecule has 5 heteroatoms. The van der Waals surface area contributed by atoms with E-state index in [9.17, 15) is 9.59 Å². The lowest BCUT2D eigenvalue weighted by molar-refractivity contribution is -0.120. The van der Waals surface area contributed by atoms with Gasteiger partial charge in [0.2, 0.25) is 11.8 Å². The van der Waals surface area contributed by atoms with E-state index >= 15 is 0 Å². The van der Waals surface area contributed by atoms with Crippen LogP contribution in [0, 0.1) is 13.8 Å². The second-order valence-corrected chi connectivity index (χ2v) is 5.87. The molecule has 1 atom stereocenters. The van der Waals surface area contributed by atoms with Crippen LogP contribution >= 0.6 is 15.9 Å². The summed E-state index contributed by atoms with van der Waals surface area (Å²) in [6, 6.07) is 5.80. The first-order valence-electron chi connectivity index (χ1n) is 6.73. The van der Waals surface area contributed by atoms with Crippen molar-refractivity contribution in [1.29, 1.82) is 0 Å². The summed E-state index contributed by atoms with van der Waals surface area (Å²) < 4.78 is 0. The molecule has 0 aliphatic carbocycles. The fourth-order valence-electron chi connectivity index (χ4n) is 1.64. The topological polar surface area (TPSA) is 58.2 Å². The van der Waals surface area contributed by atoms with Crippen molar-refractivity contribution in [2.45, 2.75) is 38.4 Å². The van der Waals surface area contributed by atoms with Crippen LogP contribution in [0.5, 0.6) is 0 Å². The van der Waals surface area contributed by atoms with Crippen LogP contribution < -0.4 is 10.6 Å². The minimum atomic E-state index is -0.190. The molecule has 110 valence electrons. The van der Waals surface area contributed by atoms with Gasteiger partial charge in [0.25, 0.3) is 0 Å². The summed E-state index contributed by atoms with van der Waals surface area (Å²) in [6.07, 6.45) is 0.989. The fourth-order valence-corrected chi connectivity index (χ4v) is 1.80. The van der Waals surface area contributed by atoms with Crippen molar-refractivity contribution >= 4 is 33.4 Å². The molecule has 0 heterocycles. The van der Waals surface area contributed by atoms with Gasteiger partial charge < -0.3 is 10.6 Å². The standard InChI is InChI=1S/C15H21BrN2O2/c1-4-13(16)15(20)17-8-7-14(19)18-12-6-5-10(2)11(3)9-12/h5-6,9,13H,4,7-8H2,1-3H3,(H,17,20)(H,18,19). The van der Waals surface area contributed by atoms with E-state index in [0.29, 0.717) is 6.54 Å². The summed E-state index contributed by atoms with van der Waals surface area (Å²) in [4.78, 5) is 23.1. The van der Waals surface area contributed by atoms with Crippen molar-refractivity contribution in [2.75, 3.05) is 11.9 Å². The third kappa shape index (κ3) is 5.33. The highest BCUT2D eigenvalue weighted by Gasteiger charge is 2.12. The predicted octanol–water partition coefficient (Wildman–Crippen LogP) is 2.92. The molecule has 1 rings (SSSR count). The number of hydrogen-bond donors (Lipinski definition) is 2. The number of anilines is 1. The molecule has 4 nitrogen and oxygen atoms in total. The number of nitrogens with one attached hydrogen (secondary N) is 2. The smallest absolute Gasteiger partial charge is 0.233 e. The Kier molecular flexibility index (Phi) is 6.71. The normalized spacial score (nSPS) is 11.8. The van der Waals surface area contributed by atoms with E-state index in [4.69, 9.17) is 0 Å². The lowest BCUT2D eigenvalue weighted by Crippen LogP contribution is -2.33. The van der Waals surface area contributed by atoms with Crippen LogP contribution in [0.2, 0.25) is 0 Å². The van der Waals surface area contributed by atoms with Crippen molar-refractivity contribution in [1.82, 2.24) is 5.32 Å². The van der Waals surface area contributed by atoms with Crippen LogP contribution in [-0.2, 0) is 9.59 Å². The summed E-state index contributed by atoms with van der Waals surface area (Å²) in [6.45, 7) is 6.30. The quantitative estimate of drug-likeness (QED) is 0.782. The molecule has 0 aromatic heterocycles. The second-order valence-electron chi connectivity index (χ2n) is 4.76. The Morgan fingerprint density at radius 3 is 2.55 bits per heavy atom. The predicted molar refractivity (Wildman–Crippen MR) is 85.2 cm³/mol. The van der Waals surface area contributed by atoms with Crippen molar-refractivity contribution in [2.24, 2.45) is 0 Å². The zero-order valence-corrected chi connectivity index (χ0v) is 13.7. The van der Waals surface area contributed by atoms with Crippen LogP contribution in [0.1, 0.15) is 30.9 Å². The van der Waals surface area contributed by atoms with Gasteiger partial charge in [-0.2, -0.15) is 0 Å². The number of carbonyl (C=O) groups excluding carboxylic acids is 2. The number of amides is 2. The maximum atomic E-state index is 11.8. The van der Waals surface area contributed by atoms with Gasteiger partial charge in [-0.3, -0.25) is 9.59 Å². The third-order valence-electron chi connectivity index (χ3n) is 3.08. The van der Waals surface area contributed by atoms with Crippen LogP contribution in [0.3, 0.4) is 0 Å². The molecule has 0 aliphatic rings. The summed E-state index contributed by atoms with van der Waals surface area (Å²) in [7, 11) is 0. The molecule has 0 aliphatic heterocycles. The maximum Gasteiger partial charge on any atom is 0.233 e. The average Bonchev–Trinajstić information content (AvgIpc) is 2.41. The van der Waals surface area contributed by atoms with Gasteiger partial charge in [-0.15, -0.1) is 0 Å².